The lowest BCUT2D eigenvalue weighted by Gasteiger charge is -2.18. The van der Waals surface area contributed by atoms with Crippen molar-refractivity contribution in [2.24, 2.45) is 0 Å². The fourth-order valence-electron chi connectivity index (χ4n) is 2.00. The first-order valence-electron chi connectivity index (χ1n) is 6.07. The lowest BCUT2D eigenvalue weighted by molar-refractivity contribution is 0.512. The van der Waals surface area contributed by atoms with Crippen molar-refractivity contribution >= 4 is 43.2 Å². The molecule has 0 fully saturated rings. The van der Waals surface area contributed by atoms with Crippen molar-refractivity contribution < 1.29 is 8.78 Å². The van der Waals surface area contributed by atoms with Crippen LogP contribution in [0.5, 0.6) is 0 Å². The van der Waals surface area contributed by atoms with Crippen LogP contribution in [0.3, 0.4) is 0 Å². The van der Waals surface area contributed by atoms with Crippen molar-refractivity contribution in [2.45, 2.75) is 19.9 Å². The second kappa shape index (κ2) is 6.64. The van der Waals surface area contributed by atoms with Crippen LogP contribution in [-0.2, 0) is 0 Å². The van der Waals surface area contributed by atoms with Gasteiger partial charge in [0, 0.05) is 24.3 Å². The van der Waals surface area contributed by atoms with Crippen LogP contribution >= 0.6 is 43.2 Å². The number of hydrogen-bond acceptors (Lipinski definition) is 2. The van der Waals surface area contributed by atoms with Gasteiger partial charge in [0.15, 0.2) is 0 Å². The maximum absolute atomic E-state index is 14.2. The van der Waals surface area contributed by atoms with Gasteiger partial charge in [0.2, 0.25) is 0 Å². The van der Waals surface area contributed by atoms with Crippen LogP contribution in [-0.4, -0.2) is 6.54 Å². The number of halogens is 4. The van der Waals surface area contributed by atoms with E-state index in [9.17, 15) is 8.78 Å². The van der Waals surface area contributed by atoms with Gasteiger partial charge in [-0.1, -0.05) is 22.9 Å². The molecule has 0 aliphatic carbocycles. The monoisotopic (exact) mass is 423 g/mol. The van der Waals surface area contributed by atoms with Gasteiger partial charge >= 0.3 is 0 Å². The lowest BCUT2D eigenvalue weighted by atomic mass is 10.0. The molecule has 1 heterocycles. The van der Waals surface area contributed by atoms with Gasteiger partial charge < -0.3 is 5.32 Å². The minimum absolute atomic E-state index is 0.0591. The van der Waals surface area contributed by atoms with E-state index >= 15 is 0 Å². The summed E-state index contributed by atoms with van der Waals surface area (Å²) in [5.41, 5.74) is 0.0591. The van der Waals surface area contributed by atoms with E-state index in [4.69, 9.17) is 0 Å². The van der Waals surface area contributed by atoms with Gasteiger partial charge in [-0.3, -0.25) is 0 Å². The third-order valence-corrected chi connectivity index (χ3v) is 5.56. The van der Waals surface area contributed by atoms with E-state index in [1.807, 2.05) is 19.9 Å². The molecule has 0 aliphatic heterocycles. The summed E-state index contributed by atoms with van der Waals surface area (Å²) in [4.78, 5) is 1.97. The summed E-state index contributed by atoms with van der Waals surface area (Å²) in [5.74, 6) is -1.10. The van der Waals surface area contributed by atoms with Crippen LogP contribution in [0, 0.1) is 18.6 Å². The topological polar surface area (TPSA) is 12.0 Å². The zero-order valence-electron chi connectivity index (χ0n) is 10.9. The molecule has 1 aromatic heterocycles. The van der Waals surface area contributed by atoms with Gasteiger partial charge in [-0.2, -0.15) is 0 Å². The first-order valence-corrected chi connectivity index (χ1v) is 8.48. The first-order chi connectivity index (χ1) is 9.43. The van der Waals surface area contributed by atoms with E-state index in [2.05, 4.69) is 37.2 Å². The van der Waals surface area contributed by atoms with Crippen molar-refractivity contribution in [3.05, 3.63) is 54.1 Å². The van der Waals surface area contributed by atoms with Crippen molar-refractivity contribution in [1.82, 2.24) is 5.32 Å². The molecule has 20 heavy (non-hydrogen) atoms. The molecule has 2 aromatic rings. The molecule has 0 amide bonds. The summed E-state index contributed by atoms with van der Waals surface area (Å²) in [6, 6.07) is 4.01. The maximum atomic E-state index is 14.2. The number of thiophene rings is 1. The molecular weight excluding hydrogens is 412 g/mol. The summed E-state index contributed by atoms with van der Waals surface area (Å²) >= 11 is 8.07. The van der Waals surface area contributed by atoms with E-state index in [-0.39, 0.29) is 5.56 Å². The van der Waals surface area contributed by atoms with Crippen molar-refractivity contribution in [3.8, 4) is 0 Å². The molecule has 1 aromatic carbocycles. The fraction of sp³-hybridized carbons (Fsp3) is 0.286. The Morgan fingerprint density at radius 3 is 2.25 bits per heavy atom. The Morgan fingerprint density at radius 2 is 1.80 bits per heavy atom. The molecule has 0 spiro atoms. The molecule has 0 aliphatic rings. The van der Waals surface area contributed by atoms with E-state index < -0.39 is 17.7 Å². The zero-order chi connectivity index (χ0) is 14.9. The Morgan fingerprint density at radius 1 is 1.20 bits per heavy atom. The second-order valence-corrected chi connectivity index (χ2v) is 7.38. The first kappa shape index (κ1) is 16.1. The van der Waals surface area contributed by atoms with Crippen LogP contribution in [0.4, 0.5) is 8.78 Å². The molecule has 1 unspecified atom stereocenters. The van der Waals surface area contributed by atoms with Gasteiger partial charge in [0.05, 0.1) is 6.04 Å². The van der Waals surface area contributed by atoms with Gasteiger partial charge in [-0.05, 0) is 47.6 Å². The highest BCUT2D eigenvalue weighted by atomic mass is 79.9. The van der Waals surface area contributed by atoms with E-state index in [0.717, 1.165) is 14.2 Å². The van der Waals surface area contributed by atoms with Crippen LogP contribution < -0.4 is 5.32 Å². The van der Waals surface area contributed by atoms with E-state index in [0.29, 0.717) is 11.0 Å². The molecule has 0 saturated carbocycles. The largest absolute Gasteiger partial charge is 0.306 e. The highest BCUT2D eigenvalue weighted by molar-refractivity contribution is 9.10. The predicted octanol–water partition coefficient (Wildman–Crippen LogP) is 5.56. The molecule has 1 atom stereocenters. The highest BCUT2D eigenvalue weighted by Gasteiger charge is 2.24. The third kappa shape index (κ3) is 3.30. The van der Waals surface area contributed by atoms with E-state index in [1.54, 1.807) is 0 Å². The number of hydrogen-bond donors (Lipinski definition) is 1. The highest BCUT2D eigenvalue weighted by Crippen LogP contribution is 2.36. The van der Waals surface area contributed by atoms with Crippen LogP contribution in [0.2, 0.25) is 0 Å². The summed E-state index contributed by atoms with van der Waals surface area (Å²) in [6.07, 6.45) is 0. The Bertz CT molecular complexity index is 585. The Kier molecular flexibility index (Phi) is 5.34. The average molecular weight is 425 g/mol. The van der Waals surface area contributed by atoms with Crippen LogP contribution in [0.1, 0.15) is 28.3 Å². The van der Waals surface area contributed by atoms with Gasteiger partial charge in [0.1, 0.15) is 11.6 Å². The van der Waals surface area contributed by atoms with Crippen LogP contribution in [0.15, 0.2) is 27.1 Å². The van der Waals surface area contributed by atoms with Crippen molar-refractivity contribution in [3.63, 3.8) is 0 Å². The quantitative estimate of drug-likeness (QED) is 0.677. The normalized spacial score (nSPS) is 12.7. The Hall–Kier alpha value is -0.300. The molecular formula is C14H13Br2F2NS. The molecule has 0 radical (unpaired) electrons. The molecule has 2 rings (SSSR count). The number of nitrogens with one attached hydrogen (secondary N) is 1. The zero-order valence-corrected chi connectivity index (χ0v) is 14.9. The fourth-order valence-corrected chi connectivity index (χ4v) is 4.05. The Balaban J connectivity index is 2.54. The van der Waals surface area contributed by atoms with Gasteiger partial charge in [0.25, 0.3) is 0 Å². The minimum atomic E-state index is -0.551. The summed E-state index contributed by atoms with van der Waals surface area (Å²) < 4.78 is 29.7. The summed E-state index contributed by atoms with van der Waals surface area (Å²) in [7, 11) is 0. The molecule has 0 bridgehead atoms. The molecule has 108 valence electrons. The summed E-state index contributed by atoms with van der Waals surface area (Å²) in [6.45, 7) is 4.50. The van der Waals surface area contributed by atoms with Gasteiger partial charge in [-0.25, -0.2) is 8.78 Å². The molecule has 1 nitrogen and oxygen atoms in total. The average Bonchev–Trinajstić information content (AvgIpc) is 2.67. The second-order valence-electron chi connectivity index (χ2n) is 4.33. The number of aryl methyl sites for hydroxylation is 1. The number of benzene rings is 1. The third-order valence-electron chi connectivity index (χ3n) is 2.90. The van der Waals surface area contributed by atoms with Crippen molar-refractivity contribution in [2.75, 3.05) is 6.54 Å². The minimum Gasteiger partial charge on any atom is -0.306 e. The maximum Gasteiger partial charge on any atom is 0.132 e. The lowest BCUT2D eigenvalue weighted by Crippen LogP contribution is -2.23. The standard InChI is InChI=1S/C14H13Br2F2NS/c1-3-19-14(12-6-9(16)7(2)20-12)13-10(17)4-8(15)5-11(13)18/h4-6,14,19H,3H2,1-2H3. The smallest absolute Gasteiger partial charge is 0.132 e. The molecule has 6 heteroatoms. The van der Waals surface area contributed by atoms with Gasteiger partial charge in [-0.15, -0.1) is 11.3 Å². The van der Waals surface area contributed by atoms with E-state index in [1.165, 1.54) is 23.5 Å². The van der Waals surface area contributed by atoms with Crippen molar-refractivity contribution in [1.29, 1.82) is 0 Å². The SMILES string of the molecule is CCNC(c1cc(Br)c(C)s1)c1c(F)cc(Br)cc1F. The predicted molar refractivity (Wildman–Crippen MR) is 86.3 cm³/mol. The number of rotatable bonds is 4. The summed E-state index contributed by atoms with van der Waals surface area (Å²) in [5, 5.41) is 3.15. The Labute approximate surface area is 137 Å². The molecule has 1 N–H and O–H groups in total. The van der Waals surface area contributed by atoms with Crippen LogP contribution in [0.25, 0.3) is 0 Å². The molecule has 0 saturated heterocycles.